The highest BCUT2D eigenvalue weighted by Crippen LogP contribution is 2.45. The average molecular weight is 698 g/mol. The standard InChI is InChI=1S/C33H39N5O10S/c1-4-6-21(39)7-12-26(35-32(43)44)30(41)38-18-23(48-29-25-11-8-22(47-3)15-19(25)13-14-34-29)16-27(38)28(40)36-33(17-20(33)5-2)31(42)37-49(45,46)24-9-10-24/h4-6,8,11,13-15,20,23-24,26-27,35H,2,7,9-10,12,16-18H2,1,3H3,(H,36,40)(H,37,42)(H,43,44)/b6-4+/t20?,23-,26+,27+,33?/m1/s1. The summed E-state index contributed by atoms with van der Waals surface area (Å²) in [7, 11) is -2.39. The van der Waals surface area contributed by atoms with E-state index in [2.05, 4.69) is 26.9 Å². The van der Waals surface area contributed by atoms with E-state index >= 15 is 0 Å². The lowest BCUT2D eigenvalue weighted by Gasteiger charge is -2.29. The smallest absolute Gasteiger partial charge is 0.405 e. The van der Waals surface area contributed by atoms with E-state index < -0.39 is 68.7 Å². The second kappa shape index (κ2) is 14.2. The fourth-order valence-corrected chi connectivity index (χ4v) is 7.43. The normalized spacial score (nSPS) is 23.8. The number of likely N-dealkylation sites (tertiary alicyclic amines) is 1. The quantitative estimate of drug-likeness (QED) is 0.156. The summed E-state index contributed by atoms with van der Waals surface area (Å²) in [5.74, 6) is -2.48. The molecule has 2 aromatic rings. The van der Waals surface area contributed by atoms with E-state index in [-0.39, 0.29) is 43.9 Å². The number of allylic oxidation sites excluding steroid dienone is 2. The Labute approximate surface area is 283 Å². The summed E-state index contributed by atoms with van der Waals surface area (Å²) in [5, 5.41) is 15.1. The number of carboxylic acid groups (broad SMARTS) is 1. The van der Waals surface area contributed by atoms with Crippen LogP contribution in [0.25, 0.3) is 10.8 Å². The summed E-state index contributed by atoms with van der Waals surface area (Å²) < 4.78 is 38.8. The number of methoxy groups -OCH3 is 1. The second-order valence-electron chi connectivity index (χ2n) is 12.4. The average Bonchev–Trinajstić information content (AvgIpc) is 3.99. The van der Waals surface area contributed by atoms with Gasteiger partial charge in [-0.2, -0.15) is 0 Å². The molecule has 5 atom stereocenters. The summed E-state index contributed by atoms with van der Waals surface area (Å²) in [6, 6.07) is 4.41. The Morgan fingerprint density at radius 3 is 2.59 bits per heavy atom. The van der Waals surface area contributed by atoms with Crippen LogP contribution in [0.15, 0.2) is 55.3 Å². The van der Waals surface area contributed by atoms with Gasteiger partial charge in [0.2, 0.25) is 27.7 Å². The largest absolute Gasteiger partial charge is 0.497 e. The molecule has 1 aromatic heterocycles. The molecule has 5 rings (SSSR count). The van der Waals surface area contributed by atoms with E-state index in [1.807, 2.05) is 0 Å². The minimum Gasteiger partial charge on any atom is -0.497 e. The highest BCUT2D eigenvalue weighted by atomic mass is 32.2. The zero-order valence-electron chi connectivity index (χ0n) is 27.1. The van der Waals surface area contributed by atoms with Gasteiger partial charge in [0.15, 0.2) is 5.78 Å². The third-order valence-electron chi connectivity index (χ3n) is 8.94. The van der Waals surface area contributed by atoms with Gasteiger partial charge in [-0.05, 0) is 68.3 Å². The van der Waals surface area contributed by atoms with Crippen molar-refractivity contribution >= 4 is 50.4 Å². The van der Waals surface area contributed by atoms with Crippen LogP contribution in [0.3, 0.4) is 0 Å². The first-order chi connectivity index (χ1) is 23.3. The lowest BCUT2D eigenvalue weighted by atomic mass is 10.1. The van der Waals surface area contributed by atoms with E-state index in [9.17, 15) is 37.5 Å². The zero-order chi connectivity index (χ0) is 35.5. The Kier molecular flexibility index (Phi) is 10.3. The topological polar surface area (TPSA) is 210 Å². The van der Waals surface area contributed by atoms with Gasteiger partial charge in [-0.3, -0.25) is 23.9 Å². The highest BCUT2D eigenvalue weighted by Gasteiger charge is 2.62. The maximum absolute atomic E-state index is 14.0. The third kappa shape index (κ3) is 7.85. The first kappa shape index (κ1) is 35.3. The number of hydrogen-bond donors (Lipinski definition) is 4. The molecule has 2 saturated carbocycles. The van der Waals surface area contributed by atoms with E-state index in [0.717, 1.165) is 10.3 Å². The molecule has 3 fully saturated rings. The predicted octanol–water partition coefficient (Wildman–Crippen LogP) is 1.82. The maximum Gasteiger partial charge on any atom is 0.405 e. The Hall–Kier alpha value is -4.99. The summed E-state index contributed by atoms with van der Waals surface area (Å²) in [6.07, 6.45) is 4.08. The van der Waals surface area contributed by atoms with Gasteiger partial charge in [-0.25, -0.2) is 18.2 Å². The van der Waals surface area contributed by atoms with Gasteiger partial charge in [-0.15, -0.1) is 6.58 Å². The molecular formula is C33H39N5O10S. The molecule has 1 aromatic carbocycles. The molecule has 1 aliphatic heterocycles. The number of sulfonamides is 1. The van der Waals surface area contributed by atoms with Crippen LogP contribution in [-0.2, 0) is 29.2 Å². The predicted molar refractivity (Wildman–Crippen MR) is 176 cm³/mol. The van der Waals surface area contributed by atoms with Crippen molar-refractivity contribution in [3.63, 3.8) is 0 Å². The summed E-state index contributed by atoms with van der Waals surface area (Å²) >= 11 is 0. The van der Waals surface area contributed by atoms with Crippen LogP contribution < -0.4 is 24.8 Å². The molecule has 262 valence electrons. The van der Waals surface area contributed by atoms with Crippen LogP contribution in [0.4, 0.5) is 4.79 Å². The van der Waals surface area contributed by atoms with Gasteiger partial charge < -0.3 is 30.1 Å². The molecule has 0 spiro atoms. The van der Waals surface area contributed by atoms with Gasteiger partial charge in [0, 0.05) is 30.3 Å². The van der Waals surface area contributed by atoms with Crippen LogP contribution in [0.2, 0.25) is 0 Å². The van der Waals surface area contributed by atoms with Crippen LogP contribution in [0.5, 0.6) is 11.6 Å². The van der Waals surface area contributed by atoms with Crippen molar-refractivity contribution in [2.24, 2.45) is 5.92 Å². The molecule has 49 heavy (non-hydrogen) atoms. The number of ketones is 1. The van der Waals surface area contributed by atoms with Crippen molar-refractivity contribution in [3.8, 4) is 11.6 Å². The van der Waals surface area contributed by atoms with Crippen LogP contribution >= 0.6 is 0 Å². The molecule has 3 aliphatic rings. The summed E-state index contributed by atoms with van der Waals surface area (Å²) in [4.78, 5) is 70.7. The Morgan fingerprint density at radius 2 is 1.96 bits per heavy atom. The number of rotatable bonds is 15. The SMILES string of the molecule is C=CC1CC1(NC(=O)[C@@H]1C[C@@H](Oc2nccc3cc(OC)ccc23)CN1C(=O)[C@H](CCC(=O)/C=C/C)NC(=O)O)C(=O)NS(=O)(=O)C1CC1. The molecular weight excluding hydrogens is 658 g/mol. The first-order valence-electron chi connectivity index (χ1n) is 15.9. The zero-order valence-corrected chi connectivity index (χ0v) is 27.9. The molecule has 16 heteroatoms. The number of benzene rings is 1. The number of nitrogens with zero attached hydrogens (tertiary/aromatic N) is 2. The number of carbonyl (C=O) groups excluding carboxylic acids is 4. The summed E-state index contributed by atoms with van der Waals surface area (Å²) in [6.45, 7) is 5.20. The Balaban J connectivity index is 1.42. The van der Waals surface area contributed by atoms with Crippen LogP contribution in [0.1, 0.15) is 45.4 Å². The van der Waals surface area contributed by atoms with E-state index in [4.69, 9.17) is 9.47 Å². The van der Waals surface area contributed by atoms with Crippen molar-refractivity contribution in [3.05, 3.63) is 55.3 Å². The van der Waals surface area contributed by atoms with Gasteiger partial charge >= 0.3 is 6.09 Å². The molecule has 0 bridgehead atoms. The molecule has 4 amide bonds. The van der Waals surface area contributed by atoms with E-state index in [1.165, 1.54) is 31.5 Å². The molecule has 2 heterocycles. The number of carbonyl (C=O) groups is 5. The molecule has 1 saturated heterocycles. The number of nitrogens with one attached hydrogen (secondary N) is 3. The molecule has 2 unspecified atom stereocenters. The molecule has 4 N–H and O–H groups in total. The minimum atomic E-state index is -3.93. The number of hydrogen-bond acceptors (Lipinski definition) is 10. The minimum absolute atomic E-state index is 0.0695. The fraction of sp³-hybridized carbons (Fsp3) is 0.455. The van der Waals surface area contributed by atoms with Crippen molar-refractivity contribution in [2.75, 3.05) is 13.7 Å². The van der Waals surface area contributed by atoms with Crippen LogP contribution in [0, 0.1) is 5.92 Å². The Bertz CT molecular complexity index is 1810. The number of ether oxygens (including phenoxy) is 2. The van der Waals surface area contributed by atoms with Gasteiger partial charge in [0.1, 0.15) is 29.5 Å². The molecule has 2 aliphatic carbocycles. The van der Waals surface area contributed by atoms with Gasteiger partial charge in [0.25, 0.3) is 5.91 Å². The van der Waals surface area contributed by atoms with E-state index in [1.54, 1.807) is 31.2 Å². The van der Waals surface area contributed by atoms with Gasteiger partial charge in [-0.1, -0.05) is 12.2 Å². The van der Waals surface area contributed by atoms with Crippen molar-refractivity contribution in [2.45, 2.75) is 74.4 Å². The highest BCUT2D eigenvalue weighted by molar-refractivity contribution is 7.91. The third-order valence-corrected chi connectivity index (χ3v) is 10.8. The monoisotopic (exact) mass is 697 g/mol. The molecule has 0 radical (unpaired) electrons. The van der Waals surface area contributed by atoms with Crippen molar-refractivity contribution in [1.29, 1.82) is 0 Å². The summed E-state index contributed by atoms with van der Waals surface area (Å²) in [5.41, 5.74) is -1.61. The fourth-order valence-electron chi connectivity index (χ4n) is 6.06. The van der Waals surface area contributed by atoms with Gasteiger partial charge in [0.05, 0.1) is 18.9 Å². The number of pyridine rings is 1. The lowest BCUT2D eigenvalue weighted by molar-refractivity contribution is -0.141. The number of aromatic nitrogens is 1. The lowest BCUT2D eigenvalue weighted by Crippen LogP contribution is -2.58. The van der Waals surface area contributed by atoms with Crippen molar-refractivity contribution < 1.29 is 47.0 Å². The van der Waals surface area contributed by atoms with Crippen molar-refractivity contribution in [1.82, 2.24) is 25.2 Å². The first-order valence-corrected chi connectivity index (χ1v) is 17.4. The second-order valence-corrected chi connectivity index (χ2v) is 14.3. The number of fused-ring (bicyclic) bond motifs is 1. The van der Waals surface area contributed by atoms with Crippen LogP contribution in [-0.4, -0.2) is 95.6 Å². The van der Waals surface area contributed by atoms with E-state index in [0.29, 0.717) is 24.0 Å². The Morgan fingerprint density at radius 1 is 1.20 bits per heavy atom. The molecule has 15 nitrogen and oxygen atoms in total. The maximum atomic E-state index is 14.0. The number of amides is 4.